The Morgan fingerprint density at radius 3 is 2.67 bits per heavy atom. The maximum atomic E-state index is 10.9. The summed E-state index contributed by atoms with van der Waals surface area (Å²) < 4.78 is 4.54. The number of hydrogen-bond donors (Lipinski definition) is 1. The van der Waals surface area contributed by atoms with Crippen LogP contribution in [0.5, 0.6) is 0 Å². The largest absolute Gasteiger partial charge is 0.463 e. The third-order valence-electron chi connectivity index (χ3n) is 1.33. The molecule has 4 heteroatoms. The Hall–Kier alpha value is -1.34. The van der Waals surface area contributed by atoms with Gasteiger partial charge >= 0.3 is 5.97 Å². The molecule has 0 fully saturated rings. The van der Waals surface area contributed by atoms with Gasteiger partial charge < -0.3 is 9.84 Å². The van der Waals surface area contributed by atoms with Crippen molar-refractivity contribution < 1.29 is 14.6 Å². The van der Waals surface area contributed by atoms with Gasteiger partial charge in [0.15, 0.2) is 5.60 Å². The second kappa shape index (κ2) is 3.88. The molecular weight excluding hydrogens is 158 g/mol. The molecule has 0 aliphatic carbocycles. The smallest absolute Gasteiger partial charge is 0.337 e. The first kappa shape index (κ1) is 10.7. The standard InChI is InChI=1S/C8H11NO3/c1-4-12-7(10)6(2)8(3,11)5-9/h11H,2,4H2,1,3H3. The molecule has 1 atom stereocenters. The van der Waals surface area contributed by atoms with Crippen LogP contribution in [-0.2, 0) is 9.53 Å². The average molecular weight is 169 g/mol. The molecular formula is C8H11NO3. The highest BCUT2D eigenvalue weighted by molar-refractivity contribution is 5.90. The van der Waals surface area contributed by atoms with Gasteiger partial charge in [0, 0.05) is 0 Å². The maximum absolute atomic E-state index is 10.9. The summed E-state index contributed by atoms with van der Waals surface area (Å²) >= 11 is 0. The van der Waals surface area contributed by atoms with Gasteiger partial charge in [-0.2, -0.15) is 5.26 Å². The lowest BCUT2D eigenvalue weighted by Crippen LogP contribution is -2.29. The van der Waals surface area contributed by atoms with Crippen LogP contribution in [0.2, 0.25) is 0 Å². The molecule has 0 saturated heterocycles. The van der Waals surface area contributed by atoms with Crippen LogP contribution in [0, 0.1) is 11.3 Å². The second-order valence-electron chi connectivity index (χ2n) is 2.38. The Morgan fingerprint density at radius 2 is 2.33 bits per heavy atom. The van der Waals surface area contributed by atoms with Crippen molar-refractivity contribution in [2.75, 3.05) is 6.61 Å². The average Bonchev–Trinajstić information content (AvgIpc) is 2.03. The molecule has 1 N–H and O–H groups in total. The highest BCUT2D eigenvalue weighted by Gasteiger charge is 2.29. The fourth-order valence-electron chi connectivity index (χ4n) is 0.484. The molecule has 0 aliphatic rings. The van der Waals surface area contributed by atoms with Crippen LogP contribution in [0.4, 0.5) is 0 Å². The van der Waals surface area contributed by atoms with E-state index in [2.05, 4.69) is 11.3 Å². The monoisotopic (exact) mass is 169 g/mol. The van der Waals surface area contributed by atoms with Crippen LogP contribution in [0.3, 0.4) is 0 Å². The fourth-order valence-corrected chi connectivity index (χ4v) is 0.484. The summed E-state index contributed by atoms with van der Waals surface area (Å²) in [4.78, 5) is 10.9. The third-order valence-corrected chi connectivity index (χ3v) is 1.33. The Labute approximate surface area is 71.1 Å². The molecule has 0 bridgehead atoms. The lowest BCUT2D eigenvalue weighted by molar-refractivity contribution is -0.140. The SMILES string of the molecule is C=C(C(=O)OCC)C(C)(O)C#N. The summed E-state index contributed by atoms with van der Waals surface area (Å²) in [6, 6.07) is 1.54. The van der Waals surface area contributed by atoms with Crippen LogP contribution in [0.25, 0.3) is 0 Å². The van der Waals surface area contributed by atoms with E-state index in [0.717, 1.165) is 0 Å². The number of nitrogens with zero attached hydrogens (tertiary/aromatic N) is 1. The predicted molar refractivity (Wildman–Crippen MR) is 42.0 cm³/mol. The van der Waals surface area contributed by atoms with E-state index in [1.807, 2.05) is 0 Å². The zero-order valence-electron chi connectivity index (χ0n) is 7.13. The highest BCUT2D eigenvalue weighted by atomic mass is 16.5. The van der Waals surface area contributed by atoms with Crippen molar-refractivity contribution in [3.63, 3.8) is 0 Å². The summed E-state index contributed by atoms with van der Waals surface area (Å²) in [5, 5.41) is 17.6. The first-order valence-corrected chi connectivity index (χ1v) is 3.45. The highest BCUT2D eigenvalue weighted by Crippen LogP contribution is 2.14. The minimum Gasteiger partial charge on any atom is -0.463 e. The lowest BCUT2D eigenvalue weighted by atomic mass is 10.00. The minimum atomic E-state index is -1.84. The number of nitriles is 1. The molecule has 66 valence electrons. The minimum absolute atomic E-state index is 0.194. The van der Waals surface area contributed by atoms with E-state index in [4.69, 9.17) is 5.26 Å². The van der Waals surface area contributed by atoms with E-state index in [-0.39, 0.29) is 12.2 Å². The van der Waals surface area contributed by atoms with Gasteiger partial charge in [0.25, 0.3) is 0 Å². The zero-order valence-corrected chi connectivity index (χ0v) is 7.13. The van der Waals surface area contributed by atoms with Crippen molar-refractivity contribution in [2.24, 2.45) is 0 Å². The van der Waals surface area contributed by atoms with Crippen molar-refractivity contribution in [2.45, 2.75) is 19.4 Å². The molecule has 0 aromatic rings. The first-order valence-electron chi connectivity index (χ1n) is 3.45. The van der Waals surface area contributed by atoms with Gasteiger partial charge in [-0.05, 0) is 13.8 Å². The fraction of sp³-hybridized carbons (Fsp3) is 0.500. The normalized spacial score (nSPS) is 14.2. The molecule has 0 radical (unpaired) electrons. The van der Waals surface area contributed by atoms with Gasteiger partial charge in [-0.15, -0.1) is 0 Å². The first-order chi connectivity index (χ1) is 5.45. The van der Waals surface area contributed by atoms with Gasteiger partial charge in [-0.1, -0.05) is 6.58 Å². The molecule has 0 heterocycles. The summed E-state index contributed by atoms with van der Waals surface area (Å²) in [6.07, 6.45) is 0. The molecule has 4 nitrogen and oxygen atoms in total. The van der Waals surface area contributed by atoms with Gasteiger partial charge in [-0.25, -0.2) is 4.79 Å². The van der Waals surface area contributed by atoms with Crippen LogP contribution in [0.1, 0.15) is 13.8 Å². The number of ether oxygens (including phenoxy) is 1. The number of aliphatic hydroxyl groups is 1. The van der Waals surface area contributed by atoms with Crippen LogP contribution < -0.4 is 0 Å². The molecule has 0 rings (SSSR count). The summed E-state index contributed by atoms with van der Waals surface area (Å²) in [6.45, 7) is 6.28. The number of carbonyl (C=O) groups is 1. The molecule has 0 aliphatic heterocycles. The van der Waals surface area contributed by atoms with E-state index in [1.54, 1.807) is 6.92 Å². The van der Waals surface area contributed by atoms with E-state index in [1.165, 1.54) is 13.0 Å². The van der Waals surface area contributed by atoms with Gasteiger partial charge in [0.2, 0.25) is 0 Å². The molecule has 0 amide bonds. The molecule has 0 aromatic heterocycles. The van der Waals surface area contributed by atoms with E-state index in [0.29, 0.717) is 0 Å². The summed E-state index contributed by atoms with van der Waals surface area (Å²) in [5.41, 5.74) is -2.08. The van der Waals surface area contributed by atoms with Crippen molar-refractivity contribution in [1.29, 1.82) is 5.26 Å². The molecule has 12 heavy (non-hydrogen) atoms. The van der Waals surface area contributed by atoms with Crippen molar-refractivity contribution in [3.8, 4) is 6.07 Å². The van der Waals surface area contributed by atoms with E-state index >= 15 is 0 Å². The molecule has 0 aromatic carbocycles. The zero-order chi connectivity index (χ0) is 9.78. The molecule has 0 saturated carbocycles. The van der Waals surface area contributed by atoms with Crippen LogP contribution in [0.15, 0.2) is 12.2 Å². The lowest BCUT2D eigenvalue weighted by Gasteiger charge is -2.15. The predicted octanol–water partition coefficient (Wildman–Crippen LogP) is 0.380. The van der Waals surface area contributed by atoms with E-state index in [9.17, 15) is 9.90 Å². The van der Waals surface area contributed by atoms with Crippen molar-refractivity contribution in [3.05, 3.63) is 12.2 Å². The third kappa shape index (κ3) is 2.36. The number of rotatable bonds is 3. The van der Waals surface area contributed by atoms with Crippen LogP contribution in [-0.4, -0.2) is 23.3 Å². The van der Waals surface area contributed by atoms with Gasteiger partial charge in [0.05, 0.1) is 12.2 Å². The Balaban J connectivity index is 4.42. The number of hydrogen-bond acceptors (Lipinski definition) is 4. The Kier molecular flexibility index (Phi) is 3.45. The summed E-state index contributed by atoms with van der Waals surface area (Å²) in [5.74, 6) is -0.746. The Bertz CT molecular complexity index is 237. The number of carbonyl (C=O) groups excluding carboxylic acids is 1. The van der Waals surface area contributed by atoms with Crippen molar-refractivity contribution in [1.82, 2.24) is 0 Å². The number of esters is 1. The summed E-state index contributed by atoms with van der Waals surface area (Å²) in [7, 11) is 0. The van der Waals surface area contributed by atoms with E-state index < -0.39 is 11.6 Å². The van der Waals surface area contributed by atoms with Crippen LogP contribution >= 0.6 is 0 Å². The quantitative estimate of drug-likeness (QED) is 0.376. The molecule has 1 unspecified atom stereocenters. The molecule has 0 spiro atoms. The second-order valence-corrected chi connectivity index (χ2v) is 2.38. The van der Waals surface area contributed by atoms with Crippen molar-refractivity contribution >= 4 is 5.97 Å². The Morgan fingerprint density at radius 1 is 1.83 bits per heavy atom. The topological polar surface area (TPSA) is 70.3 Å². The van der Waals surface area contributed by atoms with Gasteiger partial charge in [-0.3, -0.25) is 0 Å². The van der Waals surface area contributed by atoms with Gasteiger partial charge in [0.1, 0.15) is 6.07 Å². The maximum Gasteiger partial charge on any atom is 0.337 e.